The van der Waals surface area contributed by atoms with E-state index in [0.717, 1.165) is 0 Å². The van der Waals surface area contributed by atoms with Crippen molar-refractivity contribution in [1.29, 1.82) is 5.26 Å². The summed E-state index contributed by atoms with van der Waals surface area (Å²) in [7, 11) is 0. The Labute approximate surface area is 87.3 Å². The molecule has 0 atom stereocenters. The number of halogens is 3. The molecule has 0 spiro atoms. The fraction of sp³-hybridized carbons (Fsp3) is 0.250. The standard InChI is InChI=1S/C8H4F3N3O2/c9-8(10,11)6-3-7(14(15)16)13-4-5(6)1-2-12/h3-4H,1H2. The topological polar surface area (TPSA) is 79.8 Å². The van der Waals surface area contributed by atoms with Crippen LogP contribution >= 0.6 is 0 Å². The monoisotopic (exact) mass is 231 g/mol. The Kier molecular flexibility index (Phi) is 3.08. The lowest BCUT2D eigenvalue weighted by atomic mass is 10.1. The molecule has 1 aromatic heterocycles. The molecule has 8 heteroatoms. The molecule has 1 rings (SSSR count). The third-order valence-electron chi connectivity index (χ3n) is 1.73. The highest BCUT2D eigenvalue weighted by atomic mass is 19.4. The summed E-state index contributed by atoms with van der Waals surface area (Å²) in [6, 6.07) is 1.86. The van der Waals surface area contributed by atoms with Crippen molar-refractivity contribution in [2.75, 3.05) is 0 Å². The third-order valence-corrected chi connectivity index (χ3v) is 1.73. The van der Waals surface area contributed by atoms with Crippen molar-refractivity contribution in [3.8, 4) is 6.07 Å². The van der Waals surface area contributed by atoms with Crippen molar-refractivity contribution in [2.24, 2.45) is 0 Å². The van der Waals surface area contributed by atoms with Crippen LogP contribution in [0.2, 0.25) is 0 Å². The van der Waals surface area contributed by atoms with E-state index in [1.54, 1.807) is 0 Å². The minimum Gasteiger partial charge on any atom is -0.358 e. The zero-order valence-corrected chi connectivity index (χ0v) is 7.65. The van der Waals surface area contributed by atoms with Crippen LogP contribution in [-0.4, -0.2) is 9.91 Å². The van der Waals surface area contributed by atoms with Crippen LogP contribution in [0, 0.1) is 21.4 Å². The van der Waals surface area contributed by atoms with Crippen molar-refractivity contribution in [3.63, 3.8) is 0 Å². The van der Waals surface area contributed by atoms with Gasteiger partial charge in [0.15, 0.2) is 0 Å². The zero-order chi connectivity index (χ0) is 12.3. The van der Waals surface area contributed by atoms with Gasteiger partial charge in [-0.2, -0.15) is 18.4 Å². The van der Waals surface area contributed by atoms with E-state index < -0.39 is 28.9 Å². The Hall–Kier alpha value is -2.17. The highest BCUT2D eigenvalue weighted by Crippen LogP contribution is 2.33. The zero-order valence-electron chi connectivity index (χ0n) is 7.65. The van der Waals surface area contributed by atoms with E-state index in [1.807, 2.05) is 0 Å². The molecule has 0 aliphatic carbocycles. The first kappa shape index (κ1) is 11.9. The summed E-state index contributed by atoms with van der Waals surface area (Å²) in [4.78, 5) is 12.5. The average molecular weight is 231 g/mol. The molecule has 0 saturated heterocycles. The molecular weight excluding hydrogens is 227 g/mol. The Morgan fingerprint density at radius 1 is 1.56 bits per heavy atom. The maximum absolute atomic E-state index is 12.5. The van der Waals surface area contributed by atoms with Crippen molar-refractivity contribution in [1.82, 2.24) is 4.98 Å². The van der Waals surface area contributed by atoms with Gasteiger partial charge in [0.2, 0.25) is 0 Å². The fourth-order valence-electron chi connectivity index (χ4n) is 1.06. The molecule has 0 aliphatic rings. The van der Waals surface area contributed by atoms with Crippen molar-refractivity contribution in [2.45, 2.75) is 12.6 Å². The quantitative estimate of drug-likeness (QED) is 0.576. The van der Waals surface area contributed by atoms with E-state index in [9.17, 15) is 23.3 Å². The van der Waals surface area contributed by atoms with Crippen LogP contribution in [-0.2, 0) is 12.6 Å². The van der Waals surface area contributed by atoms with Gasteiger partial charge in [-0.05, 0) is 9.91 Å². The molecule has 0 aliphatic heterocycles. The van der Waals surface area contributed by atoms with Crippen molar-refractivity contribution >= 4 is 5.82 Å². The first-order valence-corrected chi connectivity index (χ1v) is 3.93. The summed E-state index contributed by atoms with van der Waals surface area (Å²) >= 11 is 0. The lowest BCUT2D eigenvalue weighted by molar-refractivity contribution is -0.389. The van der Waals surface area contributed by atoms with Gasteiger partial charge in [-0.1, -0.05) is 0 Å². The molecule has 84 valence electrons. The van der Waals surface area contributed by atoms with Gasteiger partial charge in [-0.3, -0.25) is 0 Å². The molecule has 16 heavy (non-hydrogen) atoms. The van der Waals surface area contributed by atoms with Crippen molar-refractivity contribution < 1.29 is 18.1 Å². The number of aromatic nitrogens is 1. The number of nitro groups is 1. The molecule has 0 fully saturated rings. The van der Waals surface area contributed by atoms with Gasteiger partial charge in [0.1, 0.15) is 6.20 Å². The molecule has 1 aromatic rings. The summed E-state index contributed by atoms with van der Waals surface area (Å²) in [6.45, 7) is 0. The lowest BCUT2D eigenvalue weighted by Crippen LogP contribution is -2.10. The Bertz CT molecular complexity index is 465. The summed E-state index contributed by atoms with van der Waals surface area (Å²) in [5, 5.41) is 18.6. The maximum Gasteiger partial charge on any atom is 0.417 e. The average Bonchev–Trinajstić information content (AvgIpc) is 2.16. The molecule has 0 aromatic carbocycles. The molecule has 1 heterocycles. The number of hydrogen-bond acceptors (Lipinski definition) is 4. The van der Waals surface area contributed by atoms with E-state index in [1.165, 1.54) is 6.07 Å². The predicted octanol–water partition coefficient (Wildman–Crippen LogP) is 2.07. The Morgan fingerprint density at radius 2 is 2.19 bits per heavy atom. The number of nitrogens with zero attached hydrogens (tertiary/aromatic N) is 3. The molecule has 5 nitrogen and oxygen atoms in total. The largest absolute Gasteiger partial charge is 0.417 e. The van der Waals surface area contributed by atoms with E-state index in [-0.39, 0.29) is 5.56 Å². The predicted molar refractivity (Wildman–Crippen MR) is 45.2 cm³/mol. The van der Waals surface area contributed by atoms with E-state index in [0.29, 0.717) is 12.3 Å². The molecule has 0 N–H and O–H groups in total. The Morgan fingerprint density at radius 3 is 2.62 bits per heavy atom. The molecule has 0 saturated carbocycles. The molecule has 0 unspecified atom stereocenters. The number of alkyl halides is 3. The molecule has 0 amide bonds. The summed E-state index contributed by atoms with van der Waals surface area (Å²) in [5.41, 5.74) is -1.57. The smallest absolute Gasteiger partial charge is 0.358 e. The van der Waals surface area contributed by atoms with Gasteiger partial charge < -0.3 is 10.1 Å². The van der Waals surface area contributed by atoms with Crippen LogP contribution in [0.5, 0.6) is 0 Å². The molecule has 0 bridgehead atoms. The van der Waals surface area contributed by atoms with Gasteiger partial charge in [-0.15, -0.1) is 0 Å². The SMILES string of the molecule is N#CCc1cnc([N+](=O)[O-])cc1C(F)(F)F. The number of rotatable bonds is 2. The first-order valence-electron chi connectivity index (χ1n) is 3.93. The second-order valence-electron chi connectivity index (χ2n) is 2.79. The Balaban J connectivity index is 3.34. The summed E-state index contributed by atoms with van der Waals surface area (Å²) < 4.78 is 37.4. The molecule has 0 radical (unpaired) electrons. The van der Waals surface area contributed by atoms with Crippen LogP contribution in [0.3, 0.4) is 0 Å². The highest BCUT2D eigenvalue weighted by Gasteiger charge is 2.35. The van der Waals surface area contributed by atoms with Gasteiger partial charge in [0.05, 0.1) is 18.1 Å². The number of nitriles is 1. The van der Waals surface area contributed by atoms with Crippen LogP contribution in [0.1, 0.15) is 11.1 Å². The van der Waals surface area contributed by atoms with Crippen molar-refractivity contribution in [3.05, 3.63) is 33.5 Å². The van der Waals surface area contributed by atoms with Gasteiger partial charge in [-0.25, -0.2) is 0 Å². The van der Waals surface area contributed by atoms with Crippen LogP contribution in [0.4, 0.5) is 19.0 Å². The van der Waals surface area contributed by atoms with E-state index >= 15 is 0 Å². The fourth-order valence-corrected chi connectivity index (χ4v) is 1.06. The summed E-state index contributed by atoms with van der Waals surface area (Å²) in [6.07, 6.45) is -4.54. The minimum atomic E-state index is -4.74. The van der Waals surface area contributed by atoms with Gasteiger partial charge >= 0.3 is 12.0 Å². The normalized spacial score (nSPS) is 10.9. The van der Waals surface area contributed by atoms with E-state index in [4.69, 9.17) is 5.26 Å². The second-order valence-corrected chi connectivity index (χ2v) is 2.79. The minimum absolute atomic E-state index is 0.326. The first-order chi connectivity index (χ1) is 7.36. The van der Waals surface area contributed by atoms with E-state index in [2.05, 4.69) is 4.98 Å². The van der Waals surface area contributed by atoms with Gasteiger partial charge in [0, 0.05) is 11.6 Å². The number of hydrogen-bond donors (Lipinski definition) is 0. The van der Waals surface area contributed by atoms with Crippen LogP contribution in [0.15, 0.2) is 12.3 Å². The van der Waals surface area contributed by atoms with Crippen LogP contribution in [0.25, 0.3) is 0 Å². The maximum atomic E-state index is 12.5. The highest BCUT2D eigenvalue weighted by molar-refractivity contribution is 5.36. The number of pyridine rings is 1. The van der Waals surface area contributed by atoms with Gasteiger partial charge in [0.25, 0.3) is 0 Å². The third kappa shape index (κ3) is 2.44. The summed E-state index contributed by atoms with van der Waals surface area (Å²) in [5.74, 6) is -0.894. The molecular formula is C8H4F3N3O2. The lowest BCUT2D eigenvalue weighted by Gasteiger charge is -2.08. The second kappa shape index (κ2) is 4.14. The van der Waals surface area contributed by atoms with Crippen LogP contribution < -0.4 is 0 Å².